The third-order valence-corrected chi connectivity index (χ3v) is 4.85. The van der Waals surface area contributed by atoms with E-state index in [0.29, 0.717) is 5.75 Å². The molecule has 0 atom stereocenters. The first kappa shape index (κ1) is 21.1. The molecule has 146 valence electrons. The standard InChI is InChI=1S/C19H23N3O3S.ClH/c1-26(23,24)13-12-25-18-8-4-16(5-9-18)14-15-2-6-17(7-3-15)22-19-20-10-11-21-19;/h2-9H,10-14H2,1H3,(H2,20,21,22);1H. The van der Waals surface area contributed by atoms with E-state index in [0.717, 1.165) is 31.2 Å². The summed E-state index contributed by atoms with van der Waals surface area (Å²) in [6.45, 7) is 1.87. The summed E-state index contributed by atoms with van der Waals surface area (Å²) in [6.07, 6.45) is 2.03. The van der Waals surface area contributed by atoms with Crippen LogP contribution < -0.4 is 15.4 Å². The van der Waals surface area contributed by atoms with Gasteiger partial charge in [0.05, 0.1) is 12.3 Å². The maximum atomic E-state index is 11.1. The lowest BCUT2D eigenvalue weighted by atomic mass is 10.0. The minimum Gasteiger partial charge on any atom is -0.493 e. The Balaban J connectivity index is 0.00000261. The van der Waals surface area contributed by atoms with Crippen LogP contribution in [0.4, 0.5) is 5.69 Å². The van der Waals surface area contributed by atoms with Crippen LogP contribution in [-0.4, -0.2) is 46.1 Å². The Morgan fingerprint density at radius 1 is 1.07 bits per heavy atom. The van der Waals surface area contributed by atoms with Crippen LogP contribution >= 0.6 is 12.4 Å². The lowest BCUT2D eigenvalue weighted by molar-refractivity contribution is 0.341. The van der Waals surface area contributed by atoms with E-state index in [1.807, 2.05) is 36.4 Å². The maximum Gasteiger partial charge on any atom is 0.195 e. The van der Waals surface area contributed by atoms with E-state index < -0.39 is 9.84 Å². The Hall–Kier alpha value is -2.25. The summed E-state index contributed by atoms with van der Waals surface area (Å²) in [5.41, 5.74) is 3.39. The van der Waals surface area contributed by atoms with Gasteiger partial charge in [0.25, 0.3) is 0 Å². The molecular formula is C19H24ClN3O3S. The van der Waals surface area contributed by atoms with E-state index in [4.69, 9.17) is 4.74 Å². The fourth-order valence-electron chi connectivity index (χ4n) is 2.57. The molecule has 1 heterocycles. The third-order valence-electron chi connectivity index (χ3n) is 3.95. The molecule has 2 aromatic carbocycles. The average Bonchev–Trinajstić information content (AvgIpc) is 3.10. The molecule has 3 rings (SSSR count). The molecule has 2 aromatic rings. The topological polar surface area (TPSA) is 79.8 Å². The van der Waals surface area contributed by atoms with Crippen LogP contribution in [0.1, 0.15) is 11.1 Å². The molecule has 6 nitrogen and oxygen atoms in total. The van der Waals surface area contributed by atoms with E-state index in [9.17, 15) is 8.42 Å². The van der Waals surface area contributed by atoms with Gasteiger partial charge in [0.1, 0.15) is 12.4 Å². The summed E-state index contributed by atoms with van der Waals surface area (Å²) in [6, 6.07) is 16.0. The highest BCUT2D eigenvalue weighted by atomic mass is 35.5. The SMILES string of the molecule is CS(=O)(=O)CCOc1ccc(Cc2ccc(NC3=NCCN3)cc2)cc1.Cl. The largest absolute Gasteiger partial charge is 0.493 e. The van der Waals surface area contributed by atoms with Crippen molar-refractivity contribution in [3.05, 3.63) is 59.7 Å². The normalized spacial score (nSPS) is 13.3. The van der Waals surface area contributed by atoms with Crippen LogP contribution in [-0.2, 0) is 16.3 Å². The van der Waals surface area contributed by atoms with Gasteiger partial charge in [-0.2, -0.15) is 0 Å². The van der Waals surface area contributed by atoms with Crippen LogP contribution in [0.2, 0.25) is 0 Å². The first-order chi connectivity index (χ1) is 12.5. The average molecular weight is 410 g/mol. The Kier molecular flexibility index (Phi) is 7.50. The van der Waals surface area contributed by atoms with Crippen molar-refractivity contribution >= 4 is 33.9 Å². The van der Waals surface area contributed by atoms with Crippen molar-refractivity contribution < 1.29 is 13.2 Å². The maximum absolute atomic E-state index is 11.1. The van der Waals surface area contributed by atoms with Crippen molar-refractivity contribution in [1.82, 2.24) is 5.32 Å². The number of nitrogens with zero attached hydrogens (tertiary/aromatic N) is 1. The second-order valence-electron chi connectivity index (χ2n) is 6.28. The summed E-state index contributed by atoms with van der Waals surface area (Å²) in [5, 5.41) is 6.43. The van der Waals surface area contributed by atoms with E-state index in [1.165, 1.54) is 17.4 Å². The van der Waals surface area contributed by atoms with Crippen molar-refractivity contribution in [3.8, 4) is 5.75 Å². The number of benzene rings is 2. The van der Waals surface area contributed by atoms with Gasteiger partial charge in [-0.05, 0) is 41.8 Å². The molecule has 0 bridgehead atoms. The minimum absolute atomic E-state index is 0. The molecule has 0 aliphatic carbocycles. The third kappa shape index (κ3) is 7.11. The molecule has 0 spiro atoms. The molecule has 0 saturated heterocycles. The van der Waals surface area contributed by atoms with E-state index in [2.05, 4.69) is 27.8 Å². The molecule has 2 N–H and O–H groups in total. The second kappa shape index (κ2) is 9.62. The molecule has 1 aliphatic heterocycles. The Labute approximate surface area is 166 Å². The minimum atomic E-state index is -3.00. The predicted molar refractivity (Wildman–Crippen MR) is 112 cm³/mol. The molecule has 8 heteroatoms. The van der Waals surface area contributed by atoms with Crippen molar-refractivity contribution in [2.45, 2.75) is 6.42 Å². The molecule has 27 heavy (non-hydrogen) atoms. The molecule has 0 unspecified atom stereocenters. The highest BCUT2D eigenvalue weighted by molar-refractivity contribution is 7.90. The number of aliphatic imine (C=N–C) groups is 1. The lowest BCUT2D eigenvalue weighted by Gasteiger charge is -2.09. The zero-order valence-electron chi connectivity index (χ0n) is 15.1. The summed E-state index contributed by atoms with van der Waals surface area (Å²) in [7, 11) is -3.00. The van der Waals surface area contributed by atoms with E-state index >= 15 is 0 Å². The zero-order valence-corrected chi connectivity index (χ0v) is 16.8. The number of hydrogen-bond acceptors (Lipinski definition) is 6. The first-order valence-electron chi connectivity index (χ1n) is 8.52. The highest BCUT2D eigenvalue weighted by Crippen LogP contribution is 2.17. The van der Waals surface area contributed by atoms with Gasteiger partial charge in [-0.3, -0.25) is 4.99 Å². The number of nitrogens with one attached hydrogen (secondary N) is 2. The summed E-state index contributed by atoms with van der Waals surface area (Å²) in [4.78, 5) is 4.31. The van der Waals surface area contributed by atoms with Crippen LogP contribution in [0.5, 0.6) is 5.75 Å². The van der Waals surface area contributed by atoms with Crippen molar-refractivity contribution in [2.24, 2.45) is 4.99 Å². The Morgan fingerprint density at radius 2 is 1.70 bits per heavy atom. The summed E-state index contributed by atoms with van der Waals surface area (Å²) < 4.78 is 27.7. The fourth-order valence-corrected chi connectivity index (χ4v) is 2.96. The van der Waals surface area contributed by atoms with Crippen molar-refractivity contribution in [1.29, 1.82) is 0 Å². The van der Waals surface area contributed by atoms with Gasteiger partial charge < -0.3 is 15.4 Å². The number of guanidine groups is 1. The van der Waals surface area contributed by atoms with Gasteiger partial charge in [0.15, 0.2) is 15.8 Å². The quantitative estimate of drug-likeness (QED) is 0.734. The number of rotatable bonds is 7. The van der Waals surface area contributed by atoms with Crippen molar-refractivity contribution in [2.75, 3.05) is 37.0 Å². The van der Waals surface area contributed by atoms with Gasteiger partial charge in [-0.25, -0.2) is 8.42 Å². The van der Waals surface area contributed by atoms with E-state index in [-0.39, 0.29) is 24.8 Å². The predicted octanol–water partition coefficient (Wildman–Crippen LogP) is 2.49. The second-order valence-corrected chi connectivity index (χ2v) is 8.54. The number of anilines is 1. The van der Waals surface area contributed by atoms with Crippen LogP contribution in [0.15, 0.2) is 53.5 Å². The monoisotopic (exact) mass is 409 g/mol. The first-order valence-corrected chi connectivity index (χ1v) is 10.6. The van der Waals surface area contributed by atoms with Gasteiger partial charge in [0.2, 0.25) is 0 Å². The van der Waals surface area contributed by atoms with Crippen LogP contribution in [0.25, 0.3) is 0 Å². The van der Waals surface area contributed by atoms with Gasteiger partial charge >= 0.3 is 0 Å². The number of sulfone groups is 1. The number of ether oxygens (including phenoxy) is 1. The molecule has 0 saturated carbocycles. The van der Waals surface area contributed by atoms with Crippen molar-refractivity contribution in [3.63, 3.8) is 0 Å². The molecular weight excluding hydrogens is 386 g/mol. The molecule has 0 fully saturated rings. The smallest absolute Gasteiger partial charge is 0.195 e. The lowest BCUT2D eigenvalue weighted by Crippen LogP contribution is -2.26. The molecule has 0 aromatic heterocycles. The summed E-state index contributed by atoms with van der Waals surface area (Å²) >= 11 is 0. The molecule has 0 amide bonds. The van der Waals surface area contributed by atoms with Gasteiger partial charge in [-0.1, -0.05) is 24.3 Å². The van der Waals surface area contributed by atoms with Crippen LogP contribution in [0, 0.1) is 0 Å². The van der Waals surface area contributed by atoms with Crippen LogP contribution in [0.3, 0.4) is 0 Å². The molecule has 1 aliphatic rings. The number of hydrogen-bond donors (Lipinski definition) is 2. The Bertz CT molecular complexity index is 866. The van der Waals surface area contributed by atoms with E-state index in [1.54, 1.807) is 0 Å². The van der Waals surface area contributed by atoms with Gasteiger partial charge in [0, 0.05) is 18.5 Å². The molecule has 0 radical (unpaired) electrons. The highest BCUT2D eigenvalue weighted by Gasteiger charge is 2.05. The fraction of sp³-hybridized carbons (Fsp3) is 0.316. The number of halogens is 1. The zero-order chi connectivity index (χ0) is 18.4. The Morgan fingerprint density at radius 3 is 2.26 bits per heavy atom. The van der Waals surface area contributed by atoms with Gasteiger partial charge in [-0.15, -0.1) is 12.4 Å². The summed E-state index contributed by atoms with van der Waals surface area (Å²) in [5.74, 6) is 1.53.